The van der Waals surface area contributed by atoms with Crippen molar-refractivity contribution < 1.29 is 0 Å². The number of hydrogen-bond acceptors (Lipinski definition) is 3. The molecule has 0 spiro atoms. The SMILES string of the molecule is CCCCNN1CC(C)(C)NC(C)(C)C1. The van der Waals surface area contributed by atoms with Gasteiger partial charge < -0.3 is 5.32 Å². The highest BCUT2D eigenvalue weighted by Crippen LogP contribution is 2.19. The van der Waals surface area contributed by atoms with E-state index in [1.807, 2.05) is 0 Å². The Kier molecular flexibility index (Phi) is 4.15. The first-order valence-corrected chi connectivity index (χ1v) is 6.12. The lowest BCUT2D eigenvalue weighted by atomic mass is 9.92. The van der Waals surface area contributed by atoms with E-state index in [1.165, 1.54) is 12.8 Å². The lowest BCUT2D eigenvalue weighted by molar-refractivity contribution is 0.0394. The van der Waals surface area contributed by atoms with Crippen LogP contribution in [0.1, 0.15) is 47.5 Å². The highest BCUT2D eigenvalue weighted by molar-refractivity contribution is 4.96. The molecule has 0 saturated carbocycles. The van der Waals surface area contributed by atoms with Gasteiger partial charge in [0.25, 0.3) is 0 Å². The molecule has 1 aliphatic heterocycles. The van der Waals surface area contributed by atoms with Crippen molar-refractivity contribution >= 4 is 0 Å². The van der Waals surface area contributed by atoms with Crippen LogP contribution in [0, 0.1) is 0 Å². The van der Waals surface area contributed by atoms with Crippen molar-refractivity contribution in [1.82, 2.24) is 15.8 Å². The topological polar surface area (TPSA) is 27.3 Å². The summed E-state index contributed by atoms with van der Waals surface area (Å²) in [5.41, 5.74) is 3.92. The largest absolute Gasteiger partial charge is 0.304 e. The van der Waals surface area contributed by atoms with Crippen molar-refractivity contribution in [2.24, 2.45) is 0 Å². The summed E-state index contributed by atoms with van der Waals surface area (Å²) in [5, 5.41) is 6.04. The number of nitrogens with zero attached hydrogens (tertiary/aromatic N) is 1. The number of rotatable bonds is 4. The zero-order valence-corrected chi connectivity index (χ0v) is 11.0. The summed E-state index contributed by atoms with van der Waals surface area (Å²) in [6, 6.07) is 0. The summed E-state index contributed by atoms with van der Waals surface area (Å²) >= 11 is 0. The van der Waals surface area contributed by atoms with Gasteiger partial charge >= 0.3 is 0 Å². The molecule has 2 N–H and O–H groups in total. The Bertz CT molecular complexity index is 183. The highest BCUT2D eigenvalue weighted by Gasteiger charge is 2.36. The van der Waals surface area contributed by atoms with Crippen molar-refractivity contribution in [3.63, 3.8) is 0 Å². The van der Waals surface area contributed by atoms with Crippen molar-refractivity contribution in [2.75, 3.05) is 19.6 Å². The summed E-state index contributed by atoms with van der Waals surface area (Å²) in [6.07, 6.45) is 2.51. The Morgan fingerprint density at radius 3 is 2.13 bits per heavy atom. The van der Waals surface area contributed by atoms with E-state index < -0.39 is 0 Å². The van der Waals surface area contributed by atoms with Gasteiger partial charge in [0.2, 0.25) is 0 Å². The Morgan fingerprint density at radius 2 is 1.67 bits per heavy atom. The molecular formula is C12H27N3. The minimum Gasteiger partial charge on any atom is -0.304 e. The van der Waals surface area contributed by atoms with Crippen LogP contribution in [0.25, 0.3) is 0 Å². The first kappa shape index (κ1) is 12.9. The van der Waals surface area contributed by atoms with Crippen LogP contribution in [0.4, 0.5) is 0 Å². The normalized spacial score (nSPS) is 25.4. The monoisotopic (exact) mass is 213 g/mol. The van der Waals surface area contributed by atoms with Gasteiger partial charge in [-0.15, -0.1) is 0 Å². The second kappa shape index (κ2) is 4.81. The van der Waals surface area contributed by atoms with Gasteiger partial charge in [0.05, 0.1) is 0 Å². The van der Waals surface area contributed by atoms with Gasteiger partial charge in [-0.05, 0) is 34.1 Å². The van der Waals surface area contributed by atoms with Crippen LogP contribution in [0.2, 0.25) is 0 Å². The predicted molar refractivity (Wildman–Crippen MR) is 65.8 cm³/mol. The molecule has 0 unspecified atom stereocenters. The maximum atomic E-state index is 3.67. The predicted octanol–water partition coefficient (Wildman–Crippen LogP) is 1.75. The first-order valence-electron chi connectivity index (χ1n) is 6.12. The van der Waals surface area contributed by atoms with Gasteiger partial charge in [0.1, 0.15) is 0 Å². The van der Waals surface area contributed by atoms with E-state index in [4.69, 9.17) is 0 Å². The summed E-state index contributed by atoms with van der Waals surface area (Å²) in [6.45, 7) is 14.5. The molecule has 0 radical (unpaired) electrons. The Balaban J connectivity index is 2.44. The third-order valence-corrected chi connectivity index (χ3v) is 2.71. The van der Waals surface area contributed by atoms with E-state index in [2.05, 4.69) is 50.4 Å². The van der Waals surface area contributed by atoms with E-state index in [9.17, 15) is 0 Å². The molecule has 0 atom stereocenters. The van der Waals surface area contributed by atoms with Crippen LogP contribution in [0.5, 0.6) is 0 Å². The van der Waals surface area contributed by atoms with Crippen molar-refractivity contribution in [1.29, 1.82) is 0 Å². The average Bonchev–Trinajstić information content (AvgIpc) is 1.98. The van der Waals surface area contributed by atoms with Crippen molar-refractivity contribution in [3.05, 3.63) is 0 Å². The number of hydrazine groups is 1. The second-order valence-corrected chi connectivity index (χ2v) is 6.01. The van der Waals surface area contributed by atoms with Gasteiger partial charge in [-0.25, -0.2) is 5.01 Å². The van der Waals surface area contributed by atoms with Gasteiger partial charge in [0.15, 0.2) is 0 Å². The van der Waals surface area contributed by atoms with E-state index in [0.717, 1.165) is 19.6 Å². The molecule has 0 aromatic carbocycles. The van der Waals surface area contributed by atoms with Crippen LogP contribution in [0.3, 0.4) is 0 Å². The van der Waals surface area contributed by atoms with Crippen LogP contribution in [0.15, 0.2) is 0 Å². The van der Waals surface area contributed by atoms with Crippen LogP contribution >= 0.6 is 0 Å². The quantitative estimate of drug-likeness (QED) is 0.697. The molecule has 1 saturated heterocycles. The second-order valence-electron chi connectivity index (χ2n) is 6.01. The molecule has 0 aliphatic carbocycles. The van der Waals surface area contributed by atoms with Crippen molar-refractivity contribution in [3.8, 4) is 0 Å². The summed E-state index contributed by atoms with van der Waals surface area (Å²) < 4.78 is 0. The molecule has 1 fully saturated rings. The Morgan fingerprint density at radius 1 is 1.13 bits per heavy atom. The minimum absolute atomic E-state index is 0.195. The van der Waals surface area contributed by atoms with Gasteiger partial charge in [0, 0.05) is 30.7 Å². The number of unbranched alkanes of at least 4 members (excludes halogenated alkanes) is 1. The third-order valence-electron chi connectivity index (χ3n) is 2.71. The zero-order chi connectivity index (χ0) is 11.5. The van der Waals surface area contributed by atoms with Crippen LogP contribution < -0.4 is 10.7 Å². The lowest BCUT2D eigenvalue weighted by Gasteiger charge is -2.48. The minimum atomic E-state index is 0.195. The number of hydrogen-bond donors (Lipinski definition) is 2. The van der Waals surface area contributed by atoms with Gasteiger partial charge in [-0.3, -0.25) is 5.43 Å². The molecule has 0 amide bonds. The molecule has 1 rings (SSSR count). The van der Waals surface area contributed by atoms with Crippen LogP contribution in [-0.2, 0) is 0 Å². The number of piperazine rings is 1. The fraction of sp³-hybridized carbons (Fsp3) is 1.00. The fourth-order valence-corrected chi connectivity index (χ4v) is 2.53. The summed E-state index contributed by atoms with van der Waals surface area (Å²) in [5.74, 6) is 0. The summed E-state index contributed by atoms with van der Waals surface area (Å²) in [7, 11) is 0. The lowest BCUT2D eigenvalue weighted by Crippen LogP contribution is -2.69. The molecule has 90 valence electrons. The van der Waals surface area contributed by atoms with Gasteiger partial charge in [-0.1, -0.05) is 13.3 Å². The number of nitrogens with one attached hydrogen (secondary N) is 2. The maximum Gasteiger partial charge on any atom is 0.0309 e. The van der Waals surface area contributed by atoms with E-state index in [1.54, 1.807) is 0 Å². The van der Waals surface area contributed by atoms with E-state index in [0.29, 0.717) is 0 Å². The molecule has 1 heterocycles. The molecule has 0 aromatic rings. The molecule has 1 aliphatic rings. The molecule has 3 heteroatoms. The standard InChI is InChI=1S/C12H27N3/c1-6-7-8-13-15-9-11(2,3)14-12(4,5)10-15/h13-14H,6-10H2,1-5H3. The van der Waals surface area contributed by atoms with E-state index in [-0.39, 0.29) is 11.1 Å². The van der Waals surface area contributed by atoms with Crippen LogP contribution in [-0.4, -0.2) is 35.7 Å². The fourth-order valence-electron chi connectivity index (χ4n) is 2.53. The third kappa shape index (κ3) is 4.49. The Hall–Kier alpha value is -0.120. The zero-order valence-electron chi connectivity index (χ0n) is 11.0. The Labute approximate surface area is 94.6 Å². The molecular weight excluding hydrogens is 186 g/mol. The molecule has 0 bridgehead atoms. The molecule has 15 heavy (non-hydrogen) atoms. The maximum absolute atomic E-state index is 3.67. The molecule has 3 nitrogen and oxygen atoms in total. The average molecular weight is 213 g/mol. The summed E-state index contributed by atoms with van der Waals surface area (Å²) in [4.78, 5) is 0. The first-order chi connectivity index (χ1) is 6.85. The van der Waals surface area contributed by atoms with Gasteiger partial charge in [-0.2, -0.15) is 0 Å². The van der Waals surface area contributed by atoms with E-state index >= 15 is 0 Å². The van der Waals surface area contributed by atoms with Crippen molar-refractivity contribution in [2.45, 2.75) is 58.5 Å². The molecule has 0 aromatic heterocycles. The highest BCUT2D eigenvalue weighted by atomic mass is 15.5. The smallest absolute Gasteiger partial charge is 0.0309 e.